The SMILES string of the molecule is C=CCN(Cc1nc(-c2ccc(OC)cc2)no1)C(=O)c1ccc([N+](=O)[O-])c(C)c1. The van der Waals surface area contributed by atoms with E-state index in [1.54, 1.807) is 44.4 Å². The van der Waals surface area contributed by atoms with Crippen LogP contribution in [-0.2, 0) is 6.54 Å². The molecule has 9 nitrogen and oxygen atoms in total. The second-order valence-corrected chi connectivity index (χ2v) is 6.47. The number of nitro benzene ring substituents is 1. The van der Waals surface area contributed by atoms with Gasteiger partial charge in [0, 0.05) is 29.3 Å². The molecule has 1 amide bonds. The molecule has 0 saturated carbocycles. The first-order valence-corrected chi connectivity index (χ1v) is 9.05. The summed E-state index contributed by atoms with van der Waals surface area (Å²) in [7, 11) is 1.58. The molecule has 9 heteroatoms. The number of ether oxygens (including phenoxy) is 1. The van der Waals surface area contributed by atoms with E-state index in [0.29, 0.717) is 22.7 Å². The zero-order valence-electron chi connectivity index (χ0n) is 16.6. The molecular weight excluding hydrogens is 388 g/mol. The second kappa shape index (κ2) is 8.99. The molecule has 0 fully saturated rings. The van der Waals surface area contributed by atoms with Crippen molar-refractivity contribution in [1.29, 1.82) is 0 Å². The van der Waals surface area contributed by atoms with Crippen molar-refractivity contribution in [3.8, 4) is 17.1 Å². The number of carbonyl (C=O) groups is 1. The fraction of sp³-hybridized carbons (Fsp3) is 0.190. The summed E-state index contributed by atoms with van der Waals surface area (Å²) in [6.45, 7) is 5.59. The van der Waals surface area contributed by atoms with Gasteiger partial charge in [0.15, 0.2) is 0 Å². The molecule has 30 heavy (non-hydrogen) atoms. The Bertz CT molecular complexity index is 1080. The van der Waals surface area contributed by atoms with E-state index in [1.807, 2.05) is 0 Å². The van der Waals surface area contributed by atoms with Crippen molar-refractivity contribution < 1.29 is 19.0 Å². The number of aromatic nitrogens is 2. The highest BCUT2D eigenvalue weighted by Crippen LogP contribution is 2.22. The maximum Gasteiger partial charge on any atom is 0.272 e. The summed E-state index contributed by atoms with van der Waals surface area (Å²) in [5.41, 5.74) is 1.44. The van der Waals surface area contributed by atoms with E-state index in [1.165, 1.54) is 23.1 Å². The first kappa shape index (κ1) is 20.7. The van der Waals surface area contributed by atoms with Crippen LogP contribution in [0.3, 0.4) is 0 Å². The molecule has 0 spiro atoms. The van der Waals surface area contributed by atoms with Crippen molar-refractivity contribution in [2.75, 3.05) is 13.7 Å². The van der Waals surface area contributed by atoms with Crippen LogP contribution in [-0.4, -0.2) is 39.5 Å². The van der Waals surface area contributed by atoms with Crippen LogP contribution in [0.25, 0.3) is 11.4 Å². The van der Waals surface area contributed by atoms with E-state index in [-0.39, 0.29) is 30.6 Å². The monoisotopic (exact) mass is 408 g/mol. The Hall–Kier alpha value is -4.01. The molecule has 0 N–H and O–H groups in total. The van der Waals surface area contributed by atoms with Crippen molar-refractivity contribution in [2.24, 2.45) is 0 Å². The number of rotatable bonds is 8. The highest BCUT2D eigenvalue weighted by atomic mass is 16.6. The minimum absolute atomic E-state index is 0.0390. The molecule has 2 aromatic carbocycles. The summed E-state index contributed by atoms with van der Waals surface area (Å²) in [5.74, 6) is 1.04. The quantitative estimate of drug-likeness (QED) is 0.317. The highest BCUT2D eigenvalue weighted by Gasteiger charge is 2.21. The molecule has 3 rings (SSSR count). The van der Waals surface area contributed by atoms with Gasteiger partial charge in [-0.15, -0.1) is 6.58 Å². The first-order valence-electron chi connectivity index (χ1n) is 9.05. The maximum absolute atomic E-state index is 12.9. The molecule has 1 heterocycles. The molecule has 154 valence electrons. The van der Waals surface area contributed by atoms with E-state index >= 15 is 0 Å². The number of hydrogen-bond donors (Lipinski definition) is 0. The highest BCUT2D eigenvalue weighted by molar-refractivity contribution is 5.94. The summed E-state index contributed by atoms with van der Waals surface area (Å²) in [6.07, 6.45) is 1.58. The van der Waals surface area contributed by atoms with Gasteiger partial charge >= 0.3 is 0 Å². The molecule has 3 aromatic rings. The van der Waals surface area contributed by atoms with E-state index in [0.717, 1.165) is 5.56 Å². The standard InChI is InChI=1S/C21H20N4O5/c1-4-11-24(21(26)16-7-10-18(25(27)28)14(2)12-16)13-19-22-20(23-30-19)15-5-8-17(29-3)9-6-15/h4-10,12H,1,11,13H2,2-3H3. The summed E-state index contributed by atoms with van der Waals surface area (Å²) in [5, 5.41) is 15.0. The van der Waals surface area contributed by atoms with Gasteiger partial charge in [0.2, 0.25) is 11.7 Å². The molecular formula is C21H20N4O5. The van der Waals surface area contributed by atoms with Gasteiger partial charge in [-0.3, -0.25) is 14.9 Å². The van der Waals surface area contributed by atoms with Crippen LogP contribution in [0.5, 0.6) is 5.75 Å². The van der Waals surface area contributed by atoms with Crippen LogP contribution in [0.4, 0.5) is 5.69 Å². The average molecular weight is 408 g/mol. The number of nitrogens with zero attached hydrogens (tertiary/aromatic N) is 4. The third-order valence-corrected chi connectivity index (χ3v) is 4.42. The van der Waals surface area contributed by atoms with Gasteiger partial charge in [-0.1, -0.05) is 11.2 Å². The molecule has 0 unspecified atom stereocenters. The number of amides is 1. The Morgan fingerprint density at radius 1 is 1.30 bits per heavy atom. The summed E-state index contributed by atoms with van der Waals surface area (Å²) >= 11 is 0. The molecule has 0 bridgehead atoms. The van der Waals surface area contributed by atoms with Crippen LogP contribution in [0.1, 0.15) is 21.8 Å². The summed E-state index contributed by atoms with van der Waals surface area (Å²) < 4.78 is 10.4. The minimum atomic E-state index is -0.482. The van der Waals surface area contributed by atoms with Gasteiger partial charge in [0.25, 0.3) is 11.6 Å². The number of carbonyl (C=O) groups excluding carboxylic acids is 1. The number of nitro groups is 1. The van der Waals surface area contributed by atoms with Crippen LogP contribution in [0, 0.1) is 17.0 Å². The maximum atomic E-state index is 12.9. The van der Waals surface area contributed by atoms with E-state index < -0.39 is 4.92 Å². The second-order valence-electron chi connectivity index (χ2n) is 6.47. The van der Waals surface area contributed by atoms with Crippen LogP contribution in [0.15, 0.2) is 59.6 Å². The Labute approximate surface area is 172 Å². The normalized spacial score (nSPS) is 10.5. The lowest BCUT2D eigenvalue weighted by molar-refractivity contribution is -0.385. The Morgan fingerprint density at radius 2 is 2.03 bits per heavy atom. The lowest BCUT2D eigenvalue weighted by Gasteiger charge is -2.19. The number of benzene rings is 2. The van der Waals surface area contributed by atoms with E-state index in [2.05, 4.69) is 16.7 Å². The fourth-order valence-electron chi connectivity index (χ4n) is 2.89. The summed E-state index contributed by atoms with van der Waals surface area (Å²) in [4.78, 5) is 29.3. The van der Waals surface area contributed by atoms with E-state index in [4.69, 9.17) is 9.26 Å². The van der Waals surface area contributed by atoms with Gasteiger partial charge in [-0.25, -0.2) is 0 Å². The molecule has 1 aromatic heterocycles. The largest absolute Gasteiger partial charge is 0.497 e. The third-order valence-electron chi connectivity index (χ3n) is 4.42. The van der Waals surface area contributed by atoms with Crippen molar-refractivity contribution >= 4 is 11.6 Å². The minimum Gasteiger partial charge on any atom is -0.497 e. The average Bonchev–Trinajstić information content (AvgIpc) is 3.21. The van der Waals surface area contributed by atoms with Crippen LogP contribution < -0.4 is 4.74 Å². The van der Waals surface area contributed by atoms with Crippen molar-refractivity contribution in [3.05, 3.63) is 82.3 Å². The van der Waals surface area contributed by atoms with Crippen molar-refractivity contribution in [2.45, 2.75) is 13.5 Å². The van der Waals surface area contributed by atoms with Gasteiger partial charge in [0.05, 0.1) is 12.0 Å². The van der Waals surface area contributed by atoms with Crippen LogP contribution in [0.2, 0.25) is 0 Å². The topological polar surface area (TPSA) is 112 Å². The summed E-state index contributed by atoms with van der Waals surface area (Å²) in [6, 6.07) is 11.4. The fourth-order valence-corrected chi connectivity index (χ4v) is 2.89. The molecule has 0 aliphatic heterocycles. The van der Waals surface area contributed by atoms with Crippen LogP contribution >= 0.6 is 0 Å². The number of hydrogen-bond acceptors (Lipinski definition) is 7. The Balaban J connectivity index is 1.79. The number of aryl methyl sites for hydroxylation is 1. The van der Waals surface area contributed by atoms with Gasteiger partial charge < -0.3 is 14.2 Å². The first-order chi connectivity index (χ1) is 14.4. The van der Waals surface area contributed by atoms with Gasteiger partial charge in [0.1, 0.15) is 12.3 Å². The lowest BCUT2D eigenvalue weighted by Crippen LogP contribution is -2.31. The zero-order chi connectivity index (χ0) is 21.7. The lowest BCUT2D eigenvalue weighted by atomic mass is 10.1. The third kappa shape index (κ3) is 4.52. The zero-order valence-corrected chi connectivity index (χ0v) is 16.6. The Morgan fingerprint density at radius 3 is 2.63 bits per heavy atom. The molecule has 0 atom stereocenters. The molecule has 0 radical (unpaired) electrons. The molecule has 0 aliphatic carbocycles. The number of methoxy groups -OCH3 is 1. The predicted octanol–water partition coefficient (Wildman–Crippen LogP) is 3.79. The van der Waals surface area contributed by atoms with Crippen molar-refractivity contribution in [1.82, 2.24) is 15.0 Å². The Kier molecular flexibility index (Phi) is 6.21. The van der Waals surface area contributed by atoms with Crippen molar-refractivity contribution in [3.63, 3.8) is 0 Å². The molecule has 0 aliphatic rings. The smallest absolute Gasteiger partial charge is 0.272 e. The molecule has 0 saturated heterocycles. The van der Waals surface area contributed by atoms with Gasteiger partial charge in [-0.05, 0) is 43.3 Å². The predicted molar refractivity (Wildman–Crippen MR) is 109 cm³/mol. The van der Waals surface area contributed by atoms with Gasteiger partial charge in [-0.2, -0.15) is 4.98 Å². The van der Waals surface area contributed by atoms with E-state index in [9.17, 15) is 14.9 Å².